The molecule has 1 aliphatic heterocycles. The molecular formula is C20H16N2O4S. The van der Waals surface area contributed by atoms with E-state index < -0.39 is 4.92 Å². The number of furan rings is 1. The summed E-state index contributed by atoms with van der Waals surface area (Å²) in [5.74, 6) is 0.771. The number of carbonyl (C=O) groups is 1. The van der Waals surface area contributed by atoms with E-state index in [9.17, 15) is 14.9 Å². The lowest BCUT2D eigenvalue weighted by atomic mass is 10.1. The number of nitro benzene ring substituents is 1. The van der Waals surface area contributed by atoms with Gasteiger partial charge in [-0.3, -0.25) is 14.9 Å². The Labute approximate surface area is 159 Å². The Balaban J connectivity index is 1.66. The average Bonchev–Trinajstić information content (AvgIpc) is 3.17. The standard InChI is InChI=1S/C20H16N2O4S/c23-20-12-19(17-5-3-11-26-17)27-18-6-2-1-4-16(18)21(20)13-14-7-9-15(10-8-14)22(24)25/h1-11,19H,12-13H2/t19-/m1/s1. The molecule has 0 bridgehead atoms. The molecule has 0 unspecified atom stereocenters. The first-order valence-corrected chi connectivity index (χ1v) is 9.32. The maximum atomic E-state index is 13.0. The fourth-order valence-electron chi connectivity index (χ4n) is 3.09. The summed E-state index contributed by atoms with van der Waals surface area (Å²) in [5.41, 5.74) is 1.72. The summed E-state index contributed by atoms with van der Waals surface area (Å²) in [5, 5.41) is 10.8. The van der Waals surface area contributed by atoms with Gasteiger partial charge >= 0.3 is 0 Å². The molecule has 7 heteroatoms. The summed E-state index contributed by atoms with van der Waals surface area (Å²) in [6.07, 6.45) is 1.94. The molecule has 1 atom stereocenters. The molecule has 1 amide bonds. The lowest BCUT2D eigenvalue weighted by Gasteiger charge is -2.22. The molecule has 1 aliphatic rings. The number of para-hydroxylation sites is 1. The maximum absolute atomic E-state index is 13.0. The van der Waals surface area contributed by atoms with E-state index in [0.29, 0.717) is 13.0 Å². The smallest absolute Gasteiger partial charge is 0.269 e. The average molecular weight is 380 g/mol. The van der Waals surface area contributed by atoms with Gasteiger partial charge in [0.25, 0.3) is 5.69 Å². The second-order valence-corrected chi connectivity index (χ2v) is 7.44. The minimum absolute atomic E-state index is 0.00722. The van der Waals surface area contributed by atoms with Crippen molar-refractivity contribution < 1.29 is 14.1 Å². The highest BCUT2D eigenvalue weighted by atomic mass is 32.2. The number of anilines is 1. The number of rotatable bonds is 4. The number of thioether (sulfide) groups is 1. The van der Waals surface area contributed by atoms with Crippen molar-refractivity contribution in [2.24, 2.45) is 0 Å². The van der Waals surface area contributed by atoms with Gasteiger partial charge in [-0.05, 0) is 29.8 Å². The molecule has 0 spiro atoms. The third kappa shape index (κ3) is 3.59. The van der Waals surface area contributed by atoms with Crippen molar-refractivity contribution in [3.05, 3.63) is 88.4 Å². The van der Waals surface area contributed by atoms with Crippen molar-refractivity contribution >= 4 is 29.0 Å². The molecule has 4 rings (SSSR count). The largest absolute Gasteiger partial charge is 0.468 e. The van der Waals surface area contributed by atoms with Crippen LogP contribution in [-0.2, 0) is 11.3 Å². The first-order valence-electron chi connectivity index (χ1n) is 8.44. The number of nitro groups is 1. The van der Waals surface area contributed by atoms with E-state index in [2.05, 4.69) is 0 Å². The maximum Gasteiger partial charge on any atom is 0.269 e. The van der Waals surface area contributed by atoms with E-state index in [1.807, 2.05) is 36.4 Å². The third-order valence-corrected chi connectivity index (χ3v) is 5.72. The molecule has 0 radical (unpaired) electrons. The molecule has 1 aromatic heterocycles. The Morgan fingerprint density at radius 1 is 1.11 bits per heavy atom. The first-order chi connectivity index (χ1) is 13.1. The molecule has 2 heterocycles. The molecule has 3 aromatic rings. The lowest BCUT2D eigenvalue weighted by Crippen LogP contribution is -2.30. The zero-order valence-electron chi connectivity index (χ0n) is 14.3. The zero-order valence-corrected chi connectivity index (χ0v) is 15.1. The topological polar surface area (TPSA) is 76.6 Å². The van der Waals surface area contributed by atoms with Gasteiger partial charge < -0.3 is 9.32 Å². The summed E-state index contributed by atoms with van der Waals surface area (Å²) in [7, 11) is 0. The van der Waals surface area contributed by atoms with E-state index in [1.54, 1.807) is 35.1 Å². The number of hydrogen-bond acceptors (Lipinski definition) is 5. The van der Waals surface area contributed by atoms with Crippen LogP contribution in [-0.4, -0.2) is 10.8 Å². The van der Waals surface area contributed by atoms with Gasteiger partial charge in [-0.1, -0.05) is 24.3 Å². The number of fused-ring (bicyclic) bond motifs is 1. The van der Waals surface area contributed by atoms with Crippen molar-refractivity contribution in [2.75, 3.05) is 4.90 Å². The van der Waals surface area contributed by atoms with Crippen molar-refractivity contribution in [3.63, 3.8) is 0 Å². The van der Waals surface area contributed by atoms with E-state index in [1.165, 1.54) is 12.1 Å². The Bertz CT molecular complexity index is 970. The molecule has 0 saturated carbocycles. The van der Waals surface area contributed by atoms with Crippen LogP contribution in [0.2, 0.25) is 0 Å². The first kappa shape index (κ1) is 17.4. The molecule has 136 valence electrons. The number of carbonyl (C=O) groups excluding carboxylic acids is 1. The highest BCUT2D eigenvalue weighted by molar-refractivity contribution is 7.99. The Hall–Kier alpha value is -3.06. The highest BCUT2D eigenvalue weighted by Crippen LogP contribution is 2.45. The molecule has 2 aromatic carbocycles. The van der Waals surface area contributed by atoms with Crippen LogP contribution in [0.15, 0.2) is 76.2 Å². The van der Waals surface area contributed by atoms with Crippen LogP contribution in [0.3, 0.4) is 0 Å². The SMILES string of the molecule is O=C1C[C@H](c2ccco2)Sc2ccccc2N1Cc1ccc([N+](=O)[O-])cc1. The fraction of sp³-hybridized carbons (Fsp3) is 0.150. The quantitative estimate of drug-likeness (QED) is 0.472. The predicted octanol–water partition coefficient (Wildman–Crippen LogP) is 4.96. The van der Waals surface area contributed by atoms with Gasteiger partial charge in [-0.25, -0.2) is 0 Å². The summed E-state index contributed by atoms with van der Waals surface area (Å²) in [6.45, 7) is 0.360. The van der Waals surface area contributed by atoms with Gasteiger partial charge in [0, 0.05) is 23.4 Å². The second kappa shape index (κ2) is 7.28. The molecule has 0 fully saturated rings. The van der Waals surface area contributed by atoms with E-state index in [0.717, 1.165) is 21.9 Å². The van der Waals surface area contributed by atoms with Crippen LogP contribution < -0.4 is 4.90 Å². The van der Waals surface area contributed by atoms with Crippen LogP contribution >= 0.6 is 11.8 Å². The van der Waals surface area contributed by atoms with Gasteiger partial charge in [0.2, 0.25) is 5.91 Å². The van der Waals surface area contributed by atoms with Crippen LogP contribution in [0.4, 0.5) is 11.4 Å². The van der Waals surface area contributed by atoms with Crippen LogP contribution in [0.25, 0.3) is 0 Å². The predicted molar refractivity (Wildman–Crippen MR) is 103 cm³/mol. The van der Waals surface area contributed by atoms with Crippen molar-refractivity contribution in [3.8, 4) is 0 Å². The van der Waals surface area contributed by atoms with Crippen molar-refractivity contribution in [2.45, 2.75) is 23.1 Å². The number of amides is 1. The van der Waals surface area contributed by atoms with E-state index >= 15 is 0 Å². The summed E-state index contributed by atoms with van der Waals surface area (Å²) >= 11 is 1.61. The van der Waals surface area contributed by atoms with Crippen molar-refractivity contribution in [1.29, 1.82) is 0 Å². The summed E-state index contributed by atoms with van der Waals surface area (Å²) in [6, 6.07) is 17.8. The van der Waals surface area contributed by atoms with Gasteiger partial charge in [0.05, 0.1) is 28.7 Å². The monoisotopic (exact) mass is 380 g/mol. The summed E-state index contributed by atoms with van der Waals surface area (Å²) in [4.78, 5) is 26.2. The Morgan fingerprint density at radius 3 is 2.59 bits per heavy atom. The Morgan fingerprint density at radius 2 is 1.89 bits per heavy atom. The second-order valence-electron chi connectivity index (χ2n) is 6.20. The van der Waals surface area contributed by atoms with Crippen LogP contribution in [0.1, 0.15) is 23.0 Å². The Kier molecular flexibility index (Phi) is 4.68. The van der Waals surface area contributed by atoms with E-state index in [-0.39, 0.29) is 16.8 Å². The third-order valence-electron chi connectivity index (χ3n) is 4.43. The molecule has 0 saturated heterocycles. The number of nitrogens with zero attached hydrogens (tertiary/aromatic N) is 2. The molecule has 0 N–H and O–H groups in total. The number of benzene rings is 2. The fourth-order valence-corrected chi connectivity index (χ4v) is 4.33. The highest BCUT2D eigenvalue weighted by Gasteiger charge is 2.30. The molecule has 27 heavy (non-hydrogen) atoms. The summed E-state index contributed by atoms with van der Waals surface area (Å²) < 4.78 is 5.53. The molecular weight excluding hydrogens is 364 g/mol. The zero-order chi connectivity index (χ0) is 18.8. The number of hydrogen-bond donors (Lipinski definition) is 0. The van der Waals surface area contributed by atoms with Gasteiger partial charge in [-0.2, -0.15) is 0 Å². The van der Waals surface area contributed by atoms with Crippen LogP contribution in [0, 0.1) is 10.1 Å². The van der Waals surface area contributed by atoms with Crippen LogP contribution in [0.5, 0.6) is 0 Å². The van der Waals surface area contributed by atoms with Gasteiger partial charge in [0.15, 0.2) is 0 Å². The van der Waals surface area contributed by atoms with Gasteiger partial charge in [0.1, 0.15) is 5.76 Å². The van der Waals surface area contributed by atoms with Crippen molar-refractivity contribution in [1.82, 2.24) is 0 Å². The minimum Gasteiger partial charge on any atom is -0.468 e. The minimum atomic E-state index is -0.430. The lowest BCUT2D eigenvalue weighted by molar-refractivity contribution is -0.384. The molecule has 0 aliphatic carbocycles. The number of non-ortho nitro benzene ring substituents is 1. The van der Waals surface area contributed by atoms with E-state index in [4.69, 9.17) is 4.42 Å². The normalized spacial score (nSPS) is 16.7. The van der Waals surface area contributed by atoms with Gasteiger partial charge in [-0.15, -0.1) is 11.8 Å². The molecule has 6 nitrogen and oxygen atoms in total.